The predicted octanol–water partition coefficient (Wildman–Crippen LogP) is 2.02. The number of rotatable bonds is 2. The molecule has 2 aliphatic rings. The van der Waals surface area contributed by atoms with Crippen LogP contribution in [0.5, 0.6) is 0 Å². The van der Waals surface area contributed by atoms with Crippen LogP contribution < -0.4 is 5.32 Å². The summed E-state index contributed by atoms with van der Waals surface area (Å²) in [4.78, 5) is 4.55. The van der Waals surface area contributed by atoms with Crippen LogP contribution in [0.25, 0.3) is 0 Å². The van der Waals surface area contributed by atoms with Crippen LogP contribution >= 0.6 is 0 Å². The van der Waals surface area contributed by atoms with Crippen molar-refractivity contribution >= 4 is 0 Å². The highest BCUT2D eigenvalue weighted by molar-refractivity contribution is 5.00. The van der Waals surface area contributed by atoms with E-state index < -0.39 is 0 Å². The SMILES string of the molecule is CC1CCCC(c2noc(C3CNCCO3)n2)C1. The van der Waals surface area contributed by atoms with Crippen molar-refractivity contribution in [3.63, 3.8) is 0 Å². The first-order chi connectivity index (χ1) is 8.83. The summed E-state index contributed by atoms with van der Waals surface area (Å²) in [6.07, 6.45) is 4.91. The average molecular weight is 251 g/mol. The van der Waals surface area contributed by atoms with Gasteiger partial charge in [0.25, 0.3) is 5.89 Å². The van der Waals surface area contributed by atoms with Crippen LogP contribution in [0.2, 0.25) is 0 Å². The molecule has 3 unspecified atom stereocenters. The highest BCUT2D eigenvalue weighted by atomic mass is 16.5. The van der Waals surface area contributed by atoms with E-state index in [4.69, 9.17) is 9.26 Å². The Bertz CT molecular complexity index is 387. The van der Waals surface area contributed by atoms with Gasteiger partial charge in [0.1, 0.15) is 6.10 Å². The summed E-state index contributed by atoms with van der Waals surface area (Å²) in [5.41, 5.74) is 0. The van der Waals surface area contributed by atoms with E-state index in [-0.39, 0.29) is 6.10 Å². The molecule has 1 aliphatic heterocycles. The highest BCUT2D eigenvalue weighted by Crippen LogP contribution is 2.35. The molecule has 3 atom stereocenters. The minimum Gasteiger partial charge on any atom is -0.366 e. The Balaban J connectivity index is 1.68. The van der Waals surface area contributed by atoms with Crippen LogP contribution in [0.15, 0.2) is 4.52 Å². The number of hydrogen-bond donors (Lipinski definition) is 1. The van der Waals surface area contributed by atoms with Gasteiger partial charge in [-0.15, -0.1) is 0 Å². The Morgan fingerprint density at radius 3 is 3.06 bits per heavy atom. The molecule has 5 heteroatoms. The second-order valence-electron chi connectivity index (χ2n) is 5.52. The lowest BCUT2D eigenvalue weighted by molar-refractivity contribution is 0.00755. The van der Waals surface area contributed by atoms with Crippen LogP contribution in [-0.2, 0) is 4.74 Å². The fraction of sp³-hybridized carbons (Fsp3) is 0.846. The second kappa shape index (κ2) is 5.36. The van der Waals surface area contributed by atoms with Crippen molar-refractivity contribution in [2.24, 2.45) is 5.92 Å². The van der Waals surface area contributed by atoms with Crippen molar-refractivity contribution in [2.75, 3.05) is 19.7 Å². The van der Waals surface area contributed by atoms with E-state index in [9.17, 15) is 0 Å². The van der Waals surface area contributed by atoms with Gasteiger partial charge in [0.2, 0.25) is 0 Å². The Hall–Kier alpha value is -0.940. The summed E-state index contributed by atoms with van der Waals surface area (Å²) < 4.78 is 11.0. The molecule has 0 radical (unpaired) electrons. The van der Waals surface area contributed by atoms with Gasteiger partial charge in [0.05, 0.1) is 6.61 Å². The Kier molecular flexibility index (Phi) is 3.61. The van der Waals surface area contributed by atoms with Gasteiger partial charge in [-0.2, -0.15) is 4.98 Å². The first-order valence-electron chi connectivity index (χ1n) is 6.98. The van der Waals surface area contributed by atoms with E-state index in [1.54, 1.807) is 0 Å². The van der Waals surface area contributed by atoms with Crippen molar-refractivity contribution < 1.29 is 9.26 Å². The molecule has 1 aromatic rings. The van der Waals surface area contributed by atoms with Crippen LogP contribution in [0.4, 0.5) is 0 Å². The summed E-state index contributed by atoms with van der Waals surface area (Å²) >= 11 is 0. The van der Waals surface area contributed by atoms with Crippen LogP contribution in [0.3, 0.4) is 0 Å². The summed E-state index contributed by atoms with van der Waals surface area (Å²) in [6.45, 7) is 4.69. The Labute approximate surface area is 107 Å². The van der Waals surface area contributed by atoms with Gasteiger partial charge in [-0.3, -0.25) is 0 Å². The molecule has 5 nitrogen and oxygen atoms in total. The van der Waals surface area contributed by atoms with Crippen molar-refractivity contribution in [3.05, 3.63) is 11.7 Å². The first kappa shape index (κ1) is 12.1. The quantitative estimate of drug-likeness (QED) is 0.871. The molecular formula is C13H21N3O2. The molecule has 0 amide bonds. The summed E-state index contributed by atoms with van der Waals surface area (Å²) in [5, 5.41) is 7.43. The van der Waals surface area contributed by atoms with E-state index in [1.807, 2.05) is 0 Å². The minimum absolute atomic E-state index is 0.0685. The fourth-order valence-electron chi connectivity index (χ4n) is 2.94. The van der Waals surface area contributed by atoms with E-state index in [0.717, 1.165) is 24.8 Å². The maximum Gasteiger partial charge on any atom is 0.257 e. The third kappa shape index (κ3) is 2.57. The molecule has 3 rings (SSSR count). The van der Waals surface area contributed by atoms with Gasteiger partial charge in [0.15, 0.2) is 5.82 Å². The number of aromatic nitrogens is 2. The average Bonchev–Trinajstić information content (AvgIpc) is 2.89. The molecular weight excluding hydrogens is 230 g/mol. The summed E-state index contributed by atoms with van der Waals surface area (Å²) in [7, 11) is 0. The monoisotopic (exact) mass is 251 g/mol. The van der Waals surface area contributed by atoms with Gasteiger partial charge in [-0.1, -0.05) is 24.9 Å². The molecule has 1 saturated carbocycles. The molecule has 2 fully saturated rings. The summed E-state index contributed by atoms with van der Waals surface area (Å²) in [6, 6.07) is 0. The van der Waals surface area contributed by atoms with Crippen LogP contribution in [0.1, 0.15) is 56.3 Å². The zero-order chi connectivity index (χ0) is 12.4. The molecule has 0 bridgehead atoms. The number of nitrogens with zero attached hydrogens (tertiary/aromatic N) is 2. The van der Waals surface area contributed by atoms with E-state index in [1.165, 1.54) is 25.7 Å². The van der Waals surface area contributed by atoms with Gasteiger partial charge in [0, 0.05) is 19.0 Å². The molecule has 0 spiro atoms. The molecule has 1 aliphatic carbocycles. The molecule has 1 saturated heterocycles. The van der Waals surface area contributed by atoms with Crippen LogP contribution in [-0.4, -0.2) is 29.8 Å². The van der Waals surface area contributed by atoms with Gasteiger partial charge >= 0.3 is 0 Å². The van der Waals surface area contributed by atoms with E-state index in [2.05, 4.69) is 22.4 Å². The van der Waals surface area contributed by atoms with Gasteiger partial charge in [-0.25, -0.2) is 0 Å². The first-order valence-corrected chi connectivity index (χ1v) is 6.98. The zero-order valence-electron chi connectivity index (χ0n) is 10.9. The van der Waals surface area contributed by atoms with Crippen LogP contribution in [0, 0.1) is 5.92 Å². The Morgan fingerprint density at radius 2 is 2.28 bits per heavy atom. The number of hydrogen-bond acceptors (Lipinski definition) is 5. The lowest BCUT2D eigenvalue weighted by atomic mass is 9.82. The normalized spacial score (nSPS) is 33.5. The standard InChI is InChI=1S/C13H21N3O2/c1-9-3-2-4-10(7-9)12-15-13(18-16-12)11-8-14-5-6-17-11/h9-11,14H,2-8H2,1H3. The third-order valence-electron chi connectivity index (χ3n) is 3.96. The topological polar surface area (TPSA) is 60.2 Å². The van der Waals surface area contributed by atoms with Crippen molar-refractivity contribution in [2.45, 2.75) is 44.6 Å². The van der Waals surface area contributed by atoms with E-state index >= 15 is 0 Å². The van der Waals surface area contributed by atoms with Crippen molar-refractivity contribution in [3.8, 4) is 0 Å². The zero-order valence-corrected chi connectivity index (χ0v) is 10.9. The molecule has 1 N–H and O–H groups in total. The van der Waals surface area contributed by atoms with Gasteiger partial charge < -0.3 is 14.6 Å². The molecule has 2 heterocycles. The maximum absolute atomic E-state index is 5.63. The largest absolute Gasteiger partial charge is 0.366 e. The second-order valence-corrected chi connectivity index (χ2v) is 5.52. The lowest BCUT2D eigenvalue weighted by Gasteiger charge is -2.24. The lowest BCUT2D eigenvalue weighted by Crippen LogP contribution is -2.33. The number of nitrogens with one attached hydrogen (secondary N) is 1. The molecule has 18 heavy (non-hydrogen) atoms. The number of morpholine rings is 1. The van der Waals surface area contributed by atoms with E-state index in [0.29, 0.717) is 18.4 Å². The fourth-order valence-corrected chi connectivity index (χ4v) is 2.94. The van der Waals surface area contributed by atoms with Crippen molar-refractivity contribution in [1.82, 2.24) is 15.5 Å². The van der Waals surface area contributed by atoms with Crippen molar-refractivity contribution in [1.29, 1.82) is 0 Å². The molecule has 1 aromatic heterocycles. The summed E-state index contributed by atoms with van der Waals surface area (Å²) in [5.74, 6) is 2.77. The highest BCUT2D eigenvalue weighted by Gasteiger charge is 2.27. The maximum atomic E-state index is 5.63. The van der Waals surface area contributed by atoms with Gasteiger partial charge in [-0.05, 0) is 18.8 Å². The Morgan fingerprint density at radius 1 is 1.33 bits per heavy atom. The minimum atomic E-state index is -0.0685. The smallest absolute Gasteiger partial charge is 0.257 e. The predicted molar refractivity (Wildman–Crippen MR) is 66.2 cm³/mol. The number of ether oxygens (including phenoxy) is 1. The third-order valence-corrected chi connectivity index (χ3v) is 3.96. The molecule has 0 aromatic carbocycles. The molecule has 100 valence electrons.